The van der Waals surface area contributed by atoms with Gasteiger partial charge in [-0.3, -0.25) is 4.79 Å². The number of rotatable bonds is 9. The first kappa shape index (κ1) is 17.4. The minimum atomic E-state index is -0.479. The molecule has 3 N–H and O–H groups in total. The maximum Gasteiger partial charge on any atom is 0.224 e. The van der Waals surface area contributed by atoms with Crippen LogP contribution in [0.25, 0.3) is 0 Å². The summed E-state index contributed by atoms with van der Waals surface area (Å²) in [5.74, 6) is -0.685. The van der Waals surface area contributed by atoms with Gasteiger partial charge < -0.3 is 20.7 Å². The van der Waals surface area contributed by atoms with Crippen LogP contribution in [0.1, 0.15) is 19.8 Å². The lowest BCUT2D eigenvalue weighted by Crippen LogP contribution is -2.29. The molecule has 118 valence electrons. The standard InChI is InChI=1S/C15H24FN3O2/c1-3-19(9-10-21-2)8-4-5-15(20)18-14-11-12(17)6-7-13(14)16/h6-7,11H,3-5,8-10,17H2,1-2H3,(H,18,20). The third-order valence-electron chi connectivity index (χ3n) is 3.20. The molecule has 0 bridgehead atoms. The molecule has 1 rings (SSSR count). The number of nitrogen functional groups attached to an aromatic ring is 1. The summed E-state index contributed by atoms with van der Waals surface area (Å²) in [6, 6.07) is 4.12. The van der Waals surface area contributed by atoms with Crippen molar-refractivity contribution in [2.75, 3.05) is 44.4 Å². The number of likely N-dealkylation sites (N-methyl/N-ethyl adjacent to an activating group) is 1. The zero-order valence-corrected chi connectivity index (χ0v) is 12.7. The highest BCUT2D eigenvalue weighted by atomic mass is 19.1. The fourth-order valence-electron chi connectivity index (χ4n) is 1.96. The van der Waals surface area contributed by atoms with E-state index < -0.39 is 5.82 Å². The van der Waals surface area contributed by atoms with Crippen molar-refractivity contribution in [3.63, 3.8) is 0 Å². The molecule has 0 aliphatic rings. The molecule has 6 heteroatoms. The number of nitrogens with one attached hydrogen (secondary N) is 1. The molecule has 0 radical (unpaired) electrons. The predicted molar refractivity (Wildman–Crippen MR) is 82.7 cm³/mol. The second kappa shape index (κ2) is 9.31. The average molecular weight is 297 g/mol. The van der Waals surface area contributed by atoms with Crippen molar-refractivity contribution in [1.29, 1.82) is 0 Å². The molecule has 21 heavy (non-hydrogen) atoms. The summed E-state index contributed by atoms with van der Waals surface area (Å²) in [6.45, 7) is 5.31. The zero-order valence-electron chi connectivity index (χ0n) is 12.7. The zero-order chi connectivity index (χ0) is 15.7. The van der Waals surface area contributed by atoms with Crippen LogP contribution in [0, 0.1) is 5.82 Å². The molecule has 0 atom stereocenters. The Balaban J connectivity index is 2.35. The molecule has 0 spiro atoms. The molecule has 0 saturated heterocycles. The minimum Gasteiger partial charge on any atom is -0.399 e. The Bertz CT molecular complexity index is 455. The monoisotopic (exact) mass is 297 g/mol. The smallest absolute Gasteiger partial charge is 0.224 e. The summed E-state index contributed by atoms with van der Waals surface area (Å²) in [5.41, 5.74) is 6.12. The summed E-state index contributed by atoms with van der Waals surface area (Å²) >= 11 is 0. The van der Waals surface area contributed by atoms with Crippen molar-refractivity contribution < 1.29 is 13.9 Å². The van der Waals surface area contributed by atoms with Crippen molar-refractivity contribution in [2.24, 2.45) is 0 Å². The third-order valence-corrected chi connectivity index (χ3v) is 3.20. The van der Waals surface area contributed by atoms with E-state index in [1.165, 1.54) is 18.2 Å². The highest BCUT2D eigenvalue weighted by Crippen LogP contribution is 2.17. The van der Waals surface area contributed by atoms with Gasteiger partial charge in [0.1, 0.15) is 5.82 Å². The molecule has 0 heterocycles. The van der Waals surface area contributed by atoms with Gasteiger partial charge in [0.25, 0.3) is 0 Å². The predicted octanol–water partition coefficient (Wildman–Crippen LogP) is 2.09. The number of ether oxygens (including phenoxy) is 1. The Morgan fingerprint density at radius 3 is 2.86 bits per heavy atom. The van der Waals surface area contributed by atoms with Gasteiger partial charge >= 0.3 is 0 Å². The Hall–Kier alpha value is -1.66. The summed E-state index contributed by atoms with van der Waals surface area (Å²) in [7, 11) is 1.67. The molecule has 1 amide bonds. The van der Waals surface area contributed by atoms with E-state index in [4.69, 9.17) is 10.5 Å². The Labute approximate surface area is 125 Å². The normalized spacial score (nSPS) is 10.9. The van der Waals surface area contributed by atoms with Crippen LogP contribution < -0.4 is 11.1 Å². The molecule has 1 aromatic rings. The van der Waals surface area contributed by atoms with Crippen LogP contribution in [-0.4, -0.2) is 44.2 Å². The largest absolute Gasteiger partial charge is 0.399 e. The molecule has 0 aliphatic heterocycles. The van der Waals surface area contributed by atoms with E-state index in [1.807, 2.05) is 0 Å². The van der Waals surface area contributed by atoms with Gasteiger partial charge in [-0.2, -0.15) is 0 Å². The number of hydrogen-bond acceptors (Lipinski definition) is 4. The van der Waals surface area contributed by atoms with Crippen LogP contribution in [0.3, 0.4) is 0 Å². The molecule has 0 saturated carbocycles. The van der Waals surface area contributed by atoms with E-state index in [2.05, 4.69) is 17.1 Å². The van der Waals surface area contributed by atoms with Crippen molar-refractivity contribution in [1.82, 2.24) is 4.90 Å². The van der Waals surface area contributed by atoms with E-state index in [-0.39, 0.29) is 11.6 Å². The van der Waals surface area contributed by atoms with Gasteiger partial charge in [0.2, 0.25) is 5.91 Å². The van der Waals surface area contributed by atoms with Crippen LogP contribution in [0.4, 0.5) is 15.8 Å². The second-order valence-electron chi connectivity index (χ2n) is 4.82. The third kappa shape index (κ3) is 6.55. The van der Waals surface area contributed by atoms with Crippen LogP contribution in [0.15, 0.2) is 18.2 Å². The van der Waals surface area contributed by atoms with Gasteiger partial charge in [0.15, 0.2) is 0 Å². The topological polar surface area (TPSA) is 67.6 Å². The number of hydrogen-bond donors (Lipinski definition) is 2. The Morgan fingerprint density at radius 1 is 1.43 bits per heavy atom. The number of halogens is 1. The number of nitrogens with zero attached hydrogens (tertiary/aromatic N) is 1. The second-order valence-corrected chi connectivity index (χ2v) is 4.82. The van der Waals surface area contributed by atoms with Crippen LogP contribution in [-0.2, 0) is 9.53 Å². The summed E-state index contributed by atoms with van der Waals surface area (Å²) < 4.78 is 18.5. The van der Waals surface area contributed by atoms with Gasteiger partial charge in [0, 0.05) is 25.8 Å². The fourth-order valence-corrected chi connectivity index (χ4v) is 1.96. The quantitative estimate of drug-likeness (QED) is 0.685. The van der Waals surface area contributed by atoms with E-state index in [0.717, 1.165) is 19.6 Å². The number of methoxy groups -OCH3 is 1. The molecule has 0 aliphatic carbocycles. The number of anilines is 2. The SMILES string of the molecule is CCN(CCCC(=O)Nc1cc(N)ccc1F)CCOC. The number of benzene rings is 1. The Kier molecular flexibility index (Phi) is 7.71. The van der Waals surface area contributed by atoms with Crippen LogP contribution >= 0.6 is 0 Å². The fraction of sp³-hybridized carbons (Fsp3) is 0.533. The lowest BCUT2D eigenvalue weighted by molar-refractivity contribution is -0.116. The van der Waals surface area contributed by atoms with Crippen molar-refractivity contribution >= 4 is 17.3 Å². The number of nitrogens with two attached hydrogens (primary N) is 1. The van der Waals surface area contributed by atoms with E-state index in [9.17, 15) is 9.18 Å². The maximum atomic E-state index is 13.5. The van der Waals surface area contributed by atoms with Crippen molar-refractivity contribution in [3.8, 4) is 0 Å². The highest BCUT2D eigenvalue weighted by molar-refractivity contribution is 5.91. The highest BCUT2D eigenvalue weighted by Gasteiger charge is 2.08. The summed E-state index contributed by atoms with van der Waals surface area (Å²) in [4.78, 5) is 14.0. The maximum absolute atomic E-state index is 13.5. The van der Waals surface area contributed by atoms with Crippen LogP contribution in [0.5, 0.6) is 0 Å². The number of carbonyl (C=O) groups is 1. The van der Waals surface area contributed by atoms with E-state index >= 15 is 0 Å². The summed E-state index contributed by atoms with van der Waals surface area (Å²) in [5, 5.41) is 2.55. The number of amides is 1. The lowest BCUT2D eigenvalue weighted by Gasteiger charge is -2.19. The molecule has 1 aromatic carbocycles. The van der Waals surface area contributed by atoms with E-state index in [0.29, 0.717) is 25.1 Å². The van der Waals surface area contributed by atoms with Gasteiger partial charge in [0.05, 0.1) is 12.3 Å². The van der Waals surface area contributed by atoms with Gasteiger partial charge in [-0.05, 0) is 37.7 Å². The average Bonchev–Trinajstić information content (AvgIpc) is 2.46. The lowest BCUT2D eigenvalue weighted by atomic mass is 10.2. The molecular formula is C15H24FN3O2. The minimum absolute atomic E-state index is 0.131. The first-order valence-corrected chi connectivity index (χ1v) is 7.13. The molecular weight excluding hydrogens is 273 g/mol. The van der Waals surface area contributed by atoms with Crippen molar-refractivity contribution in [2.45, 2.75) is 19.8 Å². The van der Waals surface area contributed by atoms with Gasteiger partial charge in [-0.1, -0.05) is 6.92 Å². The summed E-state index contributed by atoms with van der Waals surface area (Å²) in [6.07, 6.45) is 1.06. The van der Waals surface area contributed by atoms with Gasteiger partial charge in [-0.25, -0.2) is 4.39 Å². The number of carbonyl (C=O) groups excluding carboxylic acids is 1. The first-order valence-electron chi connectivity index (χ1n) is 7.13. The molecule has 0 fully saturated rings. The molecule has 0 unspecified atom stereocenters. The van der Waals surface area contributed by atoms with Crippen LogP contribution in [0.2, 0.25) is 0 Å². The van der Waals surface area contributed by atoms with Gasteiger partial charge in [-0.15, -0.1) is 0 Å². The molecule has 0 aromatic heterocycles. The van der Waals surface area contributed by atoms with Crippen molar-refractivity contribution in [3.05, 3.63) is 24.0 Å². The molecule has 5 nitrogen and oxygen atoms in total. The van der Waals surface area contributed by atoms with E-state index in [1.54, 1.807) is 7.11 Å². The first-order chi connectivity index (χ1) is 10.1. The Morgan fingerprint density at radius 2 is 2.19 bits per heavy atom.